The first-order valence-electron chi connectivity index (χ1n) is 6.96. The molecule has 2 amide bonds. The molecule has 6 nitrogen and oxygen atoms in total. The topological polar surface area (TPSA) is 80.3 Å². The molecule has 0 bridgehead atoms. The molecular formula is C16H15N3O3. The first-order valence-corrected chi connectivity index (χ1v) is 6.96. The van der Waals surface area contributed by atoms with Crippen LogP contribution in [0.15, 0.2) is 42.7 Å². The molecule has 0 spiro atoms. The Labute approximate surface area is 127 Å². The third-order valence-corrected chi connectivity index (χ3v) is 3.32. The van der Waals surface area contributed by atoms with Crippen molar-refractivity contribution >= 4 is 17.5 Å². The van der Waals surface area contributed by atoms with E-state index in [1.54, 1.807) is 24.5 Å². The van der Waals surface area contributed by atoms with Crippen LogP contribution in [0.1, 0.15) is 15.9 Å². The molecule has 0 saturated carbocycles. The van der Waals surface area contributed by atoms with E-state index in [9.17, 15) is 9.59 Å². The maximum atomic E-state index is 11.9. The van der Waals surface area contributed by atoms with E-state index in [4.69, 9.17) is 4.74 Å². The summed E-state index contributed by atoms with van der Waals surface area (Å²) in [7, 11) is 0. The van der Waals surface area contributed by atoms with Crippen LogP contribution >= 0.6 is 0 Å². The quantitative estimate of drug-likeness (QED) is 0.893. The molecule has 0 saturated heterocycles. The van der Waals surface area contributed by atoms with Crippen LogP contribution in [0, 0.1) is 0 Å². The highest BCUT2D eigenvalue weighted by Crippen LogP contribution is 2.28. The third kappa shape index (κ3) is 3.22. The molecule has 2 N–H and O–H groups in total. The molecule has 3 rings (SSSR count). The molecule has 1 aromatic heterocycles. The lowest BCUT2D eigenvalue weighted by atomic mass is 10.1. The molecule has 2 aromatic rings. The molecular weight excluding hydrogens is 282 g/mol. The van der Waals surface area contributed by atoms with Crippen molar-refractivity contribution in [3.63, 3.8) is 0 Å². The number of hydrogen-bond acceptors (Lipinski definition) is 4. The van der Waals surface area contributed by atoms with E-state index in [1.807, 2.05) is 18.2 Å². The predicted octanol–water partition coefficient (Wildman–Crippen LogP) is 1.39. The number of anilines is 1. The number of ether oxygens (including phenoxy) is 1. The Bertz CT molecular complexity index is 701. The number of amides is 2. The molecule has 2 heterocycles. The molecule has 1 aliphatic rings. The van der Waals surface area contributed by atoms with Gasteiger partial charge in [-0.3, -0.25) is 14.6 Å². The number of nitrogens with one attached hydrogen (secondary N) is 2. The second kappa shape index (κ2) is 6.26. The second-order valence-electron chi connectivity index (χ2n) is 4.91. The van der Waals surface area contributed by atoms with Crippen LogP contribution in [0.2, 0.25) is 0 Å². The van der Waals surface area contributed by atoms with Gasteiger partial charge in [-0.2, -0.15) is 0 Å². The lowest BCUT2D eigenvalue weighted by Crippen LogP contribution is -2.26. The molecule has 1 aliphatic heterocycles. The fourth-order valence-electron chi connectivity index (χ4n) is 2.21. The maximum Gasteiger partial charge on any atom is 0.262 e. The van der Waals surface area contributed by atoms with Crippen LogP contribution in [0.3, 0.4) is 0 Å². The third-order valence-electron chi connectivity index (χ3n) is 3.32. The van der Waals surface area contributed by atoms with E-state index in [2.05, 4.69) is 15.6 Å². The van der Waals surface area contributed by atoms with E-state index in [0.29, 0.717) is 30.0 Å². The van der Waals surface area contributed by atoms with Crippen LogP contribution in [0.5, 0.6) is 5.75 Å². The fraction of sp³-hybridized carbons (Fsp3) is 0.188. The second-order valence-corrected chi connectivity index (χ2v) is 4.91. The number of benzene rings is 1. The highest BCUT2D eigenvalue weighted by molar-refractivity contribution is 5.95. The molecule has 112 valence electrons. The smallest absolute Gasteiger partial charge is 0.262 e. The Balaban J connectivity index is 1.57. The van der Waals surface area contributed by atoms with E-state index in [0.717, 1.165) is 5.56 Å². The number of carbonyl (C=O) groups is 2. The van der Waals surface area contributed by atoms with Gasteiger partial charge in [-0.15, -0.1) is 0 Å². The fourth-order valence-corrected chi connectivity index (χ4v) is 2.21. The normalized spacial score (nSPS) is 12.8. The van der Waals surface area contributed by atoms with E-state index < -0.39 is 0 Å². The number of aromatic nitrogens is 1. The summed E-state index contributed by atoms with van der Waals surface area (Å²) in [6.45, 7) is 0.559. The van der Waals surface area contributed by atoms with E-state index in [1.165, 1.54) is 0 Å². The number of carbonyl (C=O) groups excluding carboxylic acids is 2. The Morgan fingerprint density at radius 1 is 1.27 bits per heavy atom. The Hall–Kier alpha value is -2.89. The monoisotopic (exact) mass is 297 g/mol. The van der Waals surface area contributed by atoms with Crippen LogP contribution in [-0.4, -0.2) is 29.9 Å². The van der Waals surface area contributed by atoms with Gasteiger partial charge in [0, 0.05) is 24.5 Å². The van der Waals surface area contributed by atoms with Gasteiger partial charge in [0.25, 0.3) is 11.8 Å². The van der Waals surface area contributed by atoms with Gasteiger partial charge in [0.2, 0.25) is 0 Å². The van der Waals surface area contributed by atoms with Crippen LogP contribution in [0.25, 0.3) is 0 Å². The summed E-state index contributed by atoms with van der Waals surface area (Å²) in [5, 5.41) is 5.62. The average Bonchev–Trinajstić information content (AvgIpc) is 2.55. The minimum absolute atomic E-state index is 0.0499. The summed E-state index contributed by atoms with van der Waals surface area (Å²) >= 11 is 0. The minimum Gasteiger partial charge on any atom is -0.482 e. The first kappa shape index (κ1) is 14.1. The average molecular weight is 297 g/mol. The van der Waals surface area contributed by atoms with Crippen molar-refractivity contribution in [1.29, 1.82) is 0 Å². The van der Waals surface area contributed by atoms with Gasteiger partial charge in [0.1, 0.15) is 5.75 Å². The molecule has 0 aliphatic carbocycles. The molecule has 0 fully saturated rings. The van der Waals surface area contributed by atoms with Gasteiger partial charge in [-0.25, -0.2) is 0 Å². The number of fused-ring (bicyclic) bond motifs is 1. The molecule has 0 unspecified atom stereocenters. The van der Waals surface area contributed by atoms with Crippen molar-refractivity contribution in [3.8, 4) is 5.75 Å². The van der Waals surface area contributed by atoms with E-state index in [-0.39, 0.29) is 18.4 Å². The molecule has 22 heavy (non-hydrogen) atoms. The summed E-state index contributed by atoms with van der Waals surface area (Å²) < 4.78 is 5.30. The van der Waals surface area contributed by atoms with Crippen molar-refractivity contribution in [2.24, 2.45) is 0 Å². The predicted molar refractivity (Wildman–Crippen MR) is 80.8 cm³/mol. The summed E-state index contributed by atoms with van der Waals surface area (Å²) in [6.07, 6.45) is 3.84. The van der Waals surface area contributed by atoms with Crippen molar-refractivity contribution in [3.05, 3.63) is 53.9 Å². The Morgan fingerprint density at radius 2 is 2.09 bits per heavy atom. The highest BCUT2D eigenvalue weighted by atomic mass is 16.5. The number of pyridine rings is 1. The zero-order valence-electron chi connectivity index (χ0n) is 11.8. The SMILES string of the molecule is O=C1COc2ccc(CCNC(=O)c3ccncc3)cc2N1. The summed E-state index contributed by atoms with van der Waals surface area (Å²) in [4.78, 5) is 27.1. The summed E-state index contributed by atoms with van der Waals surface area (Å²) in [6, 6.07) is 8.96. The van der Waals surface area contributed by atoms with Crippen LogP contribution in [-0.2, 0) is 11.2 Å². The first-order chi connectivity index (χ1) is 10.7. The van der Waals surface area contributed by atoms with Gasteiger partial charge >= 0.3 is 0 Å². The maximum absolute atomic E-state index is 11.9. The highest BCUT2D eigenvalue weighted by Gasteiger charge is 2.15. The van der Waals surface area contributed by atoms with Crippen molar-refractivity contribution in [2.45, 2.75) is 6.42 Å². The van der Waals surface area contributed by atoms with Gasteiger partial charge < -0.3 is 15.4 Å². The number of rotatable bonds is 4. The summed E-state index contributed by atoms with van der Waals surface area (Å²) in [5.41, 5.74) is 2.27. The summed E-state index contributed by atoms with van der Waals surface area (Å²) in [5.74, 6) is 0.386. The van der Waals surface area contributed by atoms with E-state index >= 15 is 0 Å². The van der Waals surface area contributed by atoms with Crippen LogP contribution in [0.4, 0.5) is 5.69 Å². The van der Waals surface area contributed by atoms with Crippen molar-refractivity contribution in [2.75, 3.05) is 18.5 Å². The van der Waals surface area contributed by atoms with Crippen molar-refractivity contribution < 1.29 is 14.3 Å². The zero-order chi connectivity index (χ0) is 15.4. The van der Waals surface area contributed by atoms with Crippen LogP contribution < -0.4 is 15.4 Å². The standard InChI is InChI=1S/C16H15N3O3/c20-15-10-22-14-2-1-11(9-13(14)19-15)3-8-18-16(21)12-4-6-17-7-5-12/h1-2,4-7,9H,3,8,10H2,(H,18,21)(H,19,20). The molecule has 6 heteroatoms. The number of hydrogen-bond donors (Lipinski definition) is 2. The molecule has 0 atom stereocenters. The molecule has 1 aromatic carbocycles. The van der Waals surface area contributed by atoms with Gasteiger partial charge in [-0.05, 0) is 36.2 Å². The lowest BCUT2D eigenvalue weighted by molar-refractivity contribution is -0.118. The zero-order valence-corrected chi connectivity index (χ0v) is 11.8. The van der Waals surface area contributed by atoms with Gasteiger partial charge in [-0.1, -0.05) is 6.07 Å². The van der Waals surface area contributed by atoms with Gasteiger partial charge in [0.15, 0.2) is 6.61 Å². The Kier molecular flexibility index (Phi) is 4.00. The Morgan fingerprint density at radius 3 is 2.91 bits per heavy atom. The largest absolute Gasteiger partial charge is 0.482 e. The molecule has 0 radical (unpaired) electrons. The lowest BCUT2D eigenvalue weighted by Gasteiger charge is -2.18. The number of nitrogens with zero attached hydrogens (tertiary/aromatic N) is 1. The van der Waals surface area contributed by atoms with Gasteiger partial charge in [0.05, 0.1) is 5.69 Å². The minimum atomic E-state index is -0.157. The van der Waals surface area contributed by atoms with Crippen molar-refractivity contribution in [1.82, 2.24) is 10.3 Å².